The van der Waals surface area contributed by atoms with Crippen molar-refractivity contribution in [1.29, 1.82) is 0 Å². The summed E-state index contributed by atoms with van der Waals surface area (Å²) in [4.78, 5) is 11.4. The van der Waals surface area contributed by atoms with E-state index in [0.717, 1.165) is 31.4 Å². The monoisotopic (exact) mass is 381 g/mol. The predicted octanol–water partition coefficient (Wildman–Crippen LogP) is 3.60. The molecule has 0 saturated carbocycles. The van der Waals surface area contributed by atoms with Gasteiger partial charge in [0.25, 0.3) is 0 Å². The van der Waals surface area contributed by atoms with Crippen molar-refractivity contribution in [2.45, 2.75) is 46.2 Å². The molecular formula is C22H31N5O. The summed E-state index contributed by atoms with van der Waals surface area (Å²) in [5, 5.41) is 6.58. The first kappa shape index (κ1) is 20.0. The standard InChI is InChI=1S/C22H31N5O/c1-5-23-21(26-16-20-24-15-19(28-20)22(2,3)4)25-14-17-9-8-10-18(13-17)27-11-6-7-12-27/h6-10,13,15H,5,11-12,14,16H2,1-4H3,(H2,23,25,26). The maximum absolute atomic E-state index is 5.84. The van der Waals surface area contributed by atoms with Gasteiger partial charge in [0.05, 0.1) is 19.3 Å². The molecular weight excluding hydrogens is 350 g/mol. The molecule has 6 nitrogen and oxygen atoms in total. The summed E-state index contributed by atoms with van der Waals surface area (Å²) in [7, 11) is 0. The van der Waals surface area contributed by atoms with Gasteiger partial charge in [-0.1, -0.05) is 45.1 Å². The van der Waals surface area contributed by atoms with Gasteiger partial charge in [0.15, 0.2) is 5.96 Å². The molecule has 1 aromatic carbocycles. The van der Waals surface area contributed by atoms with E-state index in [1.165, 1.54) is 11.3 Å². The average molecular weight is 382 g/mol. The van der Waals surface area contributed by atoms with Crippen LogP contribution in [0.2, 0.25) is 0 Å². The summed E-state index contributed by atoms with van der Waals surface area (Å²) in [5.41, 5.74) is 2.39. The topological polar surface area (TPSA) is 65.7 Å². The van der Waals surface area contributed by atoms with Crippen LogP contribution < -0.4 is 15.5 Å². The lowest BCUT2D eigenvalue weighted by atomic mass is 9.94. The molecule has 28 heavy (non-hydrogen) atoms. The van der Waals surface area contributed by atoms with Gasteiger partial charge < -0.3 is 20.0 Å². The predicted molar refractivity (Wildman–Crippen MR) is 115 cm³/mol. The third-order valence-corrected chi connectivity index (χ3v) is 4.56. The maximum atomic E-state index is 5.84. The van der Waals surface area contributed by atoms with Crippen LogP contribution in [0.15, 0.2) is 52.0 Å². The summed E-state index contributed by atoms with van der Waals surface area (Å²) < 4.78 is 5.84. The van der Waals surface area contributed by atoms with Crippen LogP contribution in [0.3, 0.4) is 0 Å². The largest absolute Gasteiger partial charge is 0.443 e. The van der Waals surface area contributed by atoms with Crippen molar-refractivity contribution in [3.63, 3.8) is 0 Å². The zero-order chi connectivity index (χ0) is 20.0. The van der Waals surface area contributed by atoms with Crippen LogP contribution in [0.4, 0.5) is 5.69 Å². The molecule has 2 heterocycles. The van der Waals surface area contributed by atoms with E-state index < -0.39 is 0 Å². The lowest BCUT2D eigenvalue weighted by Gasteiger charge is -2.18. The van der Waals surface area contributed by atoms with E-state index in [4.69, 9.17) is 9.41 Å². The second-order valence-corrected chi connectivity index (χ2v) is 7.96. The molecule has 1 aromatic heterocycles. The van der Waals surface area contributed by atoms with Crippen molar-refractivity contribution in [2.75, 3.05) is 24.5 Å². The number of hydrogen-bond donors (Lipinski definition) is 2. The Bertz CT molecular complexity index is 823. The number of hydrogen-bond acceptors (Lipinski definition) is 4. The Morgan fingerprint density at radius 1 is 1.21 bits per heavy atom. The molecule has 3 rings (SSSR count). The van der Waals surface area contributed by atoms with Gasteiger partial charge >= 0.3 is 0 Å². The molecule has 0 spiro atoms. The minimum absolute atomic E-state index is 0.0419. The first-order chi connectivity index (χ1) is 13.5. The minimum Gasteiger partial charge on any atom is -0.443 e. The van der Waals surface area contributed by atoms with E-state index >= 15 is 0 Å². The number of nitrogens with one attached hydrogen (secondary N) is 2. The van der Waals surface area contributed by atoms with Gasteiger partial charge in [0.1, 0.15) is 5.76 Å². The zero-order valence-corrected chi connectivity index (χ0v) is 17.3. The number of aromatic nitrogens is 1. The molecule has 0 saturated heterocycles. The molecule has 1 aliphatic rings. The van der Waals surface area contributed by atoms with Crippen molar-refractivity contribution < 1.29 is 4.42 Å². The van der Waals surface area contributed by atoms with Gasteiger partial charge in [0, 0.05) is 30.7 Å². The molecule has 0 aliphatic carbocycles. The molecule has 0 unspecified atom stereocenters. The van der Waals surface area contributed by atoms with E-state index in [1.807, 2.05) is 0 Å². The quantitative estimate of drug-likeness (QED) is 0.455. The van der Waals surface area contributed by atoms with E-state index in [1.54, 1.807) is 6.20 Å². The molecule has 0 radical (unpaired) electrons. The second-order valence-electron chi connectivity index (χ2n) is 7.96. The van der Waals surface area contributed by atoms with Gasteiger partial charge in [-0.3, -0.25) is 0 Å². The number of benzene rings is 1. The summed E-state index contributed by atoms with van der Waals surface area (Å²) in [6, 6.07) is 8.58. The smallest absolute Gasteiger partial charge is 0.213 e. The van der Waals surface area contributed by atoms with Gasteiger partial charge in [-0.25, -0.2) is 9.98 Å². The number of aliphatic imine (C=N–C) groups is 1. The number of oxazole rings is 1. The van der Waals surface area contributed by atoms with Crippen LogP contribution in [0, 0.1) is 0 Å². The fourth-order valence-corrected chi connectivity index (χ4v) is 2.95. The molecule has 150 valence electrons. The number of anilines is 1. The lowest BCUT2D eigenvalue weighted by molar-refractivity contribution is 0.379. The molecule has 1 aliphatic heterocycles. The highest BCUT2D eigenvalue weighted by atomic mass is 16.4. The summed E-state index contributed by atoms with van der Waals surface area (Å²) in [5.74, 6) is 2.31. The van der Waals surface area contributed by atoms with Crippen molar-refractivity contribution in [2.24, 2.45) is 4.99 Å². The van der Waals surface area contributed by atoms with Crippen LogP contribution in [0.25, 0.3) is 0 Å². The van der Waals surface area contributed by atoms with Crippen LogP contribution >= 0.6 is 0 Å². The van der Waals surface area contributed by atoms with Crippen LogP contribution in [-0.2, 0) is 18.5 Å². The molecule has 0 fully saturated rings. The first-order valence-electron chi connectivity index (χ1n) is 9.92. The van der Waals surface area contributed by atoms with Gasteiger partial charge in [-0.05, 0) is 24.6 Å². The van der Waals surface area contributed by atoms with E-state index in [0.29, 0.717) is 19.0 Å². The Balaban J connectivity index is 1.61. The van der Waals surface area contributed by atoms with E-state index in [9.17, 15) is 0 Å². The SMILES string of the molecule is CCNC(=NCc1cccc(N2CC=CC2)c1)NCc1ncc(C(C)(C)C)o1. The minimum atomic E-state index is -0.0419. The Hall–Kier alpha value is -2.76. The van der Waals surface area contributed by atoms with Crippen molar-refractivity contribution in [3.8, 4) is 0 Å². The Morgan fingerprint density at radius 3 is 2.68 bits per heavy atom. The highest BCUT2D eigenvalue weighted by Gasteiger charge is 2.19. The van der Waals surface area contributed by atoms with Gasteiger partial charge in [0.2, 0.25) is 5.89 Å². The highest BCUT2D eigenvalue weighted by Crippen LogP contribution is 2.22. The Kier molecular flexibility index (Phi) is 6.39. The fourth-order valence-electron chi connectivity index (χ4n) is 2.95. The third-order valence-electron chi connectivity index (χ3n) is 4.56. The normalized spacial score (nSPS) is 14.6. The molecule has 0 amide bonds. The number of nitrogens with zero attached hydrogens (tertiary/aromatic N) is 3. The number of guanidine groups is 1. The number of rotatable bonds is 6. The van der Waals surface area contributed by atoms with E-state index in [2.05, 4.69) is 84.6 Å². The van der Waals surface area contributed by atoms with Crippen LogP contribution in [0.5, 0.6) is 0 Å². The van der Waals surface area contributed by atoms with E-state index in [-0.39, 0.29) is 5.41 Å². The summed E-state index contributed by atoms with van der Waals surface area (Å²) >= 11 is 0. The van der Waals surface area contributed by atoms with Gasteiger partial charge in [-0.2, -0.15) is 0 Å². The Morgan fingerprint density at radius 2 is 2.00 bits per heavy atom. The molecule has 0 bridgehead atoms. The summed E-state index contributed by atoms with van der Waals surface area (Å²) in [6.45, 7) is 12.3. The zero-order valence-electron chi connectivity index (χ0n) is 17.3. The molecule has 2 aromatic rings. The van der Waals surface area contributed by atoms with Gasteiger partial charge in [-0.15, -0.1) is 0 Å². The van der Waals surface area contributed by atoms with Crippen LogP contribution in [0.1, 0.15) is 44.9 Å². The van der Waals surface area contributed by atoms with Crippen molar-refractivity contribution in [3.05, 3.63) is 59.8 Å². The average Bonchev–Trinajstić information content (AvgIpc) is 3.36. The highest BCUT2D eigenvalue weighted by molar-refractivity contribution is 5.79. The van der Waals surface area contributed by atoms with Crippen molar-refractivity contribution in [1.82, 2.24) is 15.6 Å². The summed E-state index contributed by atoms with van der Waals surface area (Å²) in [6.07, 6.45) is 6.21. The fraction of sp³-hybridized carbons (Fsp3) is 0.455. The molecule has 6 heteroatoms. The first-order valence-corrected chi connectivity index (χ1v) is 9.92. The third kappa shape index (κ3) is 5.38. The van der Waals surface area contributed by atoms with Crippen LogP contribution in [-0.4, -0.2) is 30.6 Å². The molecule has 2 N–H and O–H groups in total. The second kappa shape index (κ2) is 8.95. The maximum Gasteiger partial charge on any atom is 0.213 e. The van der Waals surface area contributed by atoms with Crippen molar-refractivity contribution >= 4 is 11.6 Å². The lowest BCUT2D eigenvalue weighted by Crippen LogP contribution is -2.36. The Labute approximate surface area is 167 Å². The molecule has 0 atom stereocenters.